The Kier molecular flexibility index (Phi) is 3.29. The minimum atomic E-state index is -0.335. The van der Waals surface area contributed by atoms with Gasteiger partial charge < -0.3 is 10.4 Å². The van der Waals surface area contributed by atoms with Gasteiger partial charge in [-0.05, 0) is 22.9 Å². The van der Waals surface area contributed by atoms with Crippen LogP contribution in [0.1, 0.15) is 6.92 Å². The van der Waals surface area contributed by atoms with Gasteiger partial charge in [-0.15, -0.1) is 11.3 Å². The fraction of sp³-hybridized carbons (Fsp3) is 0.500. The molecule has 0 radical (unpaired) electrons. The van der Waals surface area contributed by atoms with Crippen LogP contribution in [0.4, 0.5) is 5.13 Å². The summed E-state index contributed by atoms with van der Waals surface area (Å²) in [6.45, 7) is 2.27. The summed E-state index contributed by atoms with van der Waals surface area (Å²) in [5.41, 5.74) is 0. The van der Waals surface area contributed by atoms with E-state index in [2.05, 4.69) is 26.2 Å². The highest BCUT2D eigenvalue weighted by atomic mass is 79.9. The molecule has 1 aromatic rings. The van der Waals surface area contributed by atoms with Crippen LogP contribution in [0.2, 0.25) is 0 Å². The normalized spacial score (nSPS) is 13.0. The van der Waals surface area contributed by atoms with Gasteiger partial charge in [0, 0.05) is 11.9 Å². The van der Waals surface area contributed by atoms with Crippen molar-refractivity contribution in [2.75, 3.05) is 11.9 Å². The van der Waals surface area contributed by atoms with Crippen molar-refractivity contribution in [3.05, 3.63) is 9.98 Å². The summed E-state index contributed by atoms with van der Waals surface area (Å²) < 4.78 is 0.829. The van der Waals surface area contributed by atoms with E-state index in [0.717, 1.165) is 9.73 Å². The van der Waals surface area contributed by atoms with Gasteiger partial charge in [0.15, 0.2) is 5.13 Å². The highest BCUT2D eigenvalue weighted by molar-refractivity contribution is 9.10. The molecule has 0 amide bonds. The fourth-order valence-corrected chi connectivity index (χ4v) is 1.72. The fourth-order valence-electron chi connectivity index (χ4n) is 0.570. The first-order chi connectivity index (χ1) is 5.18. The summed E-state index contributed by atoms with van der Waals surface area (Å²) in [6.07, 6.45) is -0.335. The number of rotatable bonds is 3. The molecule has 1 unspecified atom stereocenters. The topological polar surface area (TPSA) is 45.1 Å². The van der Waals surface area contributed by atoms with Gasteiger partial charge in [0.1, 0.15) is 4.60 Å². The first kappa shape index (κ1) is 8.96. The van der Waals surface area contributed by atoms with Crippen LogP contribution in [0.3, 0.4) is 0 Å². The SMILES string of the molecule is CC(O)CNc1nc(Br)cs1. The summed E-state index contributed by atoms with van der Waals surface area (Å²) >= 11 is 4.75. The van der Waals surface area contributed by atoms with Crippen molar-refractivity contribution in [3.63, 3.8) is 0 Å². The number of aromatic nitrogens is 1. The highest BCUT2D eigenvalue weighted by Gasteiger charge is 1.99. The third kappa shape index (κ3) is 3.18. The Morgan fingerprint density at radius 2 is 2.64 bits per heavy atom. The number of hydrogen-bond donors (Lipinski definition) is 2. The summed E-state index contributed by atoms with van der Waals surface area (Å²) in [5, 5.41) is 14.6. The number of nitrogens with one attached hydrogen (secondary N) is 1. The summed E-state index contributed by atoms with van der Waals surface area (Å²) in [4.78, 5) is 4.10. The number of aliphatic hydroxyl groups excluding tert-OH is 1. The number of halogens is 1. The van der Waals surface area contributed by atoms with Crippen molar-refractivity contribution in [2.45, 2.75) is 13.0 Å². The molecule has 0 saturated heterocycles. The molecule has 2 N–H and O–H groups in total. The van der Waals surface area contributed by atoms with Gasteiger partial charge in [0.25, 0.3) is 0 Å². The second kappa shape index (κ2) is 4.04. The lowest BCUT2D eigenvalue weighted by molar-refractivity contribution is 0.208. The molecule has 0 aliphatic heterocycles. The van der Waals surface area contributed by atoms with Crippen LogP contribution >= 0.6 is 27.3 Å². The molecule has 0 aliphatic rings. The lowest BCUT2D eigenvalue weighted by Gasteiger charge is -2.03. The molecule has 0 spiro atoms. The first-order valence-corrected chi connectivity index (χ1v) is 4.88. The van der Waals surface area contributed by atoms with E-state index in [1.165, 1.54) is 11.3 Å². The summed E-state index contributed by atoms with van der Waals surface area (Å²) in [5.74, 6) is 0. The van der Waals surface area contributed by atoms with Gasteiger partial charge in [-0.3, -0.25) is 0 Å². The predicted molar refractivity (Wildman–Crippen MR) is 50.0 cm³/mol. The maximum atomic E-state index is 8.92. The molecular formula is C6H9BrN2OS. The van der Waals surface area contributed by atoms with Crippen LogP contribution in [0, 0.1) is 0 Å². The predicted octanol–water partition coefficient (Wildman–Crippen LogP) is 1.70. The quantitative estimate of drug-likeness (QED) is 0.840. The van der Waals surface area contributed by atoms with E-state index < -0.39 is 0 Å². The van der Waals surface area contributed by atoms with Crippen molar-refractivity contribution < 1.29 is 5.11 Å². The molecule has 1 heterocycles. The van der Waals surface area contributed by atoms with E-state index in [4.69, 9.17) is 5.11 Å². The number of anilines is 1. The molecule has 1 rings (SSSR count). The van der Waals surface area contributed by atoms with Gasteiger partial charge in [0.2, 0.25) is 0 Å². The van der Waals surface area contributed by atoms with E-state index >= 15 is 0 Å². The zero-order valence-corrected chi connectivity index (χ0v) is 8.44. The van der Waals surface area contributed by atoms with E-state index in [9.17, 15) is 0 Å². The molecular weight excluding hydrogens is 228 g/mol. The minimum Gasteiger partial charge on any atom is -0.392 e. The Morgan fingerprint density at radius 3 is 3.09 bits per heavy atom. The van der Waals surface area contributed by atoms with Crippen LogP contribution in [-0.2, 0) is 0 Å². The van der Waals surface area contributed by atoms with Crippen molar-refractivity contribution in [2.24, 2.45) is 0 Å². The molecule has 0 saturated carbocycles. The van der Waals surface area contributed by atoms with Gasteiger partial charge in [-0.1, -0.05) is 0 Å². The third-order valence-corrected chi connectivity index (χ3v) is 2.53. The average molecular weight is 237 g/mol. The van der Waals surface area contributed by atoms with Gasteiger partial charge in [-0.2, -0.15) is 0 Å². The van der Waals surface area contributed by atoms with Crippen molar-refractivity contribution in [1.29, 1.82) is 0 Å². The van der Waals surface area contributed by atoms with Gasteiger partial charge in [0.05, 0.1) is 6.10 Å². The second-order valence-corrected chi connectivity index (χ2v) is 3.88. The second-order valence-electron chi connectivity index (χ2n) is 2.21. The first-order valence-electron chi connectivity index (χ1n) is 3.21. The molecule has 0 aromatic carbocycles. The Hall–Kier alpha value is -0.130. The largest absolute Gasteiger partial charge is 0.392 e. The lowest BCUT2D eigenvalue weighted by Crippen LogP contribution is -2.14. The summed E-state index contributed by atoms with van der Waals surface area (Å²) in [6, 6.07) is 0. The zero-order valence-electron chi connectivity index (χ0n) is 6.04. The van der Waals surface area contributed by atoms with E-state index in [1.807, 2.05) is 5.38 Å². The molecule has 5 heteroatoms. The highest BCUT2D eigenvalue weighted by Crippen LogP contribution is 2.18. The number of aliphatic hydroxyl groups is 1. The van der Waals surface area contributed by atoms with E-state index in [-0.39, 0.29) is 6.10 Å². The molecule has 1 aromatic heterocycles. The molecule has 0 bridgehead atoms. The maximum Gasteiger partial charge on any atom is 0.183 e. The van der Waals surface area contributed by atoms with Gasteiger partial charge in [-0.25, -0.2) is 4.98 Å². The van der Waals surface area contributed by atoms with Gasteiger partial charge >= 0.3 is 0 Å². The maximum absolute atomic E-state index is 8.92. The van der Waals surface area contributed by atoms with Crippen molar-refractivity contribution in [3.8, 4) is 0 Å². The Bertz CT molecular complexity index is 226. The smallest absolute Gasteiger partial charge is 0.183 e. The van der Waals surface area contributed by atoms with E-state index in [1.54, 1.807) is 6.92 Å². The Morgan fingerprint density at radius 1 is 1.91 bits per heavy atom. The Balaban J connectivity index is 2.39. The molecule has 11 heavy (non-hydrogen) atoms. The third-order valence-electron chi connectivity index (χ3n) is 1.02. The van der Waals surface area contributed by atoms with Crippen molar-refractivity contribution in [1.82, 2.24) is 4.98 Å². The zero-order chi connectivity index (χ0) is 8.27. The average Bonchev–Trinajstić information content (AvgIpc) is 2.31. The monoisotopic (exact) mass is 236 g/mol. The van der Waals surface area contributed by atoms with Crippen LogP contribution in [0.15, 0.2) is 9.98 Å². The van der Waals surface area contributed by atoms with Crippen LogP contribution in [0.25, 0.3) is 0 Å². The van der Waals surface area contributed by atoms with Crippen LogP contribution < -0.4 is 5.32 Å². The lowest BCUT2D eigenvalue weighted by atomic mass is 10.4. The summed E-state index contributed by atoms with van der Waals surface area (Å²) in [7, 11) is 0. The molecule has 0 aliphatic carbocycles. The number of nitrogens with zero attached hydrogens (tertiary/aromatic N) is 1. The molecule has 3 nitrogen and oxygen atoms in total. The minimum absolute atomic E-state index is 0.335. The number of hydrogen-bond acceptors (Lipinski definition) is 4. The Labute approximate surface area is 77.6 Å². The molecule has 62 valence electrons. The molecule has 0 fully saturated rings. The molecule has 1 atom stereocenters. The van der Waals surface area contributed by atoms with Crippen molar-refractivity contribution >= 4 is 32.4 Å². The van der Waals surface area contributed by atoms with Crippen LogP contribution in [0.5, 0.6) is 0 Å². The van der Waals surface area contributed by atoms with E-state index in [0.29, 0.717) is 6.54 Å². The standard InChI is InChI=1S/C6H9BrN2OS/c1-4(10)2-8-6-9-5(7)3-11-6/h3-4,10H,2H2,1H3,(H,8,9). The van der Waals surface area contributed by atoms with Crippen LogP contribution in [-0.4, -0.2) is 22.7 Å². The number of thiazole rings is 1.